The molecule has 4 nitrogen and oxygen atoms in total. The third kappa shape index (κ3) is 2.65. The summed E-state index contributed by atoms with van der Waals surface area (Å²) in [5.41, 5.74) is 1.45. The van der Waals surface area contributed by atoms with Crippen LogP contribution in [0.3, 0.4) is 0 Å². The van der Waals surface area contributed by atoms with Crippen molar-refractivity contribution in [2.75, 3.05) is 0 Å². The third-order valence-corrected chi connectivity index (χ3v) is 5.47. The van der Waals surface area contributed by atoms with Crippen LogP contribution in [0.25, 0.3) is 11.0 Å². The number of halogens is 1. The Bertz CT molecular complexity index is 911. The monoisotopic (exact) mass is 344 g/mol. The Morgan fingerprint density at radius 3 is 2.83 bits per heavy atom. The van der Waals surface area contributed by atoms with Crippen molar-refractivity contribution in [3.05, 3.63) is 56.9 Å². The van der Waals surface area contributed by atoms with E-state index in [1.165, 1.54) is 6.07 Å². The zero-order valence-corrected chi connectivity index (χ0v) is 14.0. The topological polar surface area (TPSA) is 56.5 Å². The molecule has 2 aromatic rings. The number of carbonyl (C=O) groups is 1. The highest BCUT2D eigenvalue weighted by atomic mass is 35.5. The summed E-state index contributed by atoms with van der Waals surface area (Å²) in [6.07, 6.45) is 6.22. The maximum Gasteiger partial charge on any atom is 0.336 e. The highest BCUT2D eigenvalue weighted by molar-refractivity contribution is 6.32. The average Bonchev–Trinajstić information content (AvgIpc) is 3.17. The van der Waals surface area contributed by atoms with Crippen LogP contribution < -0.4 is 5.63 Å². The lowest BCUT2D eigenvalue weighted by Crippen LogP contribution is -2.21. The van der Waals surface area contributed by atoms with Crippen LogP contribution in [0.2, 0.25) is 5.02 Å². The number of aryl methyl sites for hydroxylation is 1. The molecule has 1 aromatic heterocycles. The first-order valence-corrected chi connectivity index (χ1v) is 8.47. The standard InChI is InChI=1S/C19H17ClO4/c1-10-4-17-14(8-16(10)20)13(7-18(21)24-17)9-23-19(22)15-6-11-2-3-12(15)5-11/h2-4,7-8,11-12,15H,5-6,9H2,1H3. The molecule has 0 N–H and O–H groups in total. The maximum absolute atomic E-state index is 12.4. The lowest BCUT2D eigenvalue weighted by molar-refractivity contribution is -0.150. The number of fused-ring (bicyclic) bond motifs is 3. The van der Waals surface area contributed by atoms with Gasteiger partial charge in [-0.05, 0) is 49.3 Å². The summed E-state index contributed by atoms with van der Waals surface area (Å²) in [7, 11) is 0. The van der Waals surface area contributed by atoms with Crippen molar-refractivity contribution in [3.63, 3.8) is 0 Å². The predicted molar refractivity (Wildman–Crippen MR) is 90.9 cm³/mol. The molecular weight excluding hydrogens is 328 g/mol. The lowest BCUT2D eigenvalue weighted by atomic mass is 9.94. The first-order chi connectivity index (χ1) is 11.5. The minimum atomic E-state index is -0.460. The SMILES string of the molecule is Cc1cc2oc(=O)cc(COC(=O)C3CC4C=CC3C4)c2cc1Cl. The first-order valence-electron chi connectivity index (χ1n) is 8.09. The number of ether oxygens (including phenoxy) is 1. The Labute approximate surface area is 144 Å². The predicted octanol–water partition coefficient (Wildman–Crippen LogP) is 4.01. The number of carbonyl (C=O) groups excluding carboxylic acids is 1. The Hall–Kier alpha value is -2.07. The van der Waals surface area contributed by atoms with E-state index in [0.717, 1.165) is 18.4 Å². The molecular formula is C19H17ClO4. The van der Waals surface area contributed by atoms with Crippen LogP contribution >= 0.6 is 11.6 Å². The molecule has 0 saturated heterocycles. The van der Waals surface area contributed by atoms with Gasteiger partial charge in [-0.1, -0.05) is 23.8 Å². The molecule has 1 aromatic carbocycles. The van der Waals surface area contributed by atoms with Crippen molar-refractivity contribution in [1.82, 2.24) is 0 Å². The molecule has 5 heteroatoms. The van der Waals surface area contributed by atoms with E-state index in [2.05, 4.69) is 12.2 Å². The van der Waals surface area contributed by atoms with Crippen molar-refractivity contribution in [3.8, 4) is 0 Å². The second-order valence-corrected chi connectivity index (χ2v) is 7.09. The molecule has 124 valence electrons. The van der Waals surface area contributed by atoms with Crippen LogP contribution in [0.4, 0.5) is 0 Å². The molecule has 2 bridgehead atoms. The molecule has 2 aliphatic carbocycles. The second-order valence-electron chi connectivity index (χ2n) is 6.68. The Morgan fingerprint density at radius 2 is 2.12 bits per heavy atom. The number of benzene rings is 1. The summed E-state index contributed by atoms with van der Waals surface area (Å²) in [5, 5.41) is 1.29. The van der Waals surface area contributed by atoms with Gasteiger partial charge in [0, 0.05) is 22.0 Å². The van der Waals surface area contributed by atoms with Gasteiger partial charge < -0.3 is 9.15 Å². The molecule has 0 spiro atoms. The van der Waals surface area contributed by atoms with E-state index in [0.29, 0.717) is 33.4 Å². The molecule has 4 rings (SSSR count). The van der Waals surface area contributed by atoms with Crippen LogP contribution in [0.15, 0.2) is 39.6 Å². The lowest BCUT2D eigenvalue weighted by Gasteiger charge is -2.17. The molecule has 1 saturated carbocycles. The molecule has 1 heterocycles. The number of hydrogen-bond acceptors (Lipinski definition) is 4. The van der Waals surface area contributed by atoms with Crippen molar-refractivity contribution >= 4 is 28.5 Å². The van der Waals surface area contributed by atoms with Crippen molar-refractivity contribution in [2.24, 2.45) is 17.8 Å². The molecule has 0 aliphatic heterocycles. The van der Waals surface area contributed by atoms with E-state index in [-0.39, 0.29) is 18.5 Å². The fourth-order valence-electron chi connectivity index (χ4n) is 3.78. The number of allylic oxidation sites excluding steroid dienone is 2. The van der Waals surface area contributed by atoms with E-state index in [4.69, 9.17) is 20.8 Å². The van der Waals surface area contributed by atoms with Crippen LogP contribution in [-0.2, 0) is 16.1 Å². The number of hydrogen-bond donors (Lipinski definition) is 0. The van der Waals surface area contributed by atoms with E-state index in [1.807, 2.05) is 6.92 Å². The van der Waals surface area contributed by atoms with Gasteiger partial charge in [0.1, 0.15) is 12.2 Å². The molecule has 2 aliphatic rings. The van der Waals surface area contributed by atoms with Crippen LogP contribution in [0.1, 0.15) is 24.0 Å². The van der Waals surface area contributed by atoms with Gasteiger partial charge in [0.2, 0.25) is 0 Å². The maximum atomic E-state index is 12.4. The zero-order valence-electron chi connectivity index (χ0n) is 13.3. The van der Waals surface area contributed by atoms with Crippen LogP contribution in [0, 0.1) is 24.7 Å². The van der Waals surface area contributed by atoms with E-state index in [1.54, 1.807) is 12.1 Å². The van der Waals surface area contributed by atoms with E-state index in [9.17, 15) is 9.59 Å². The van der Waals surface area contributed by atoms with Gasteiger partial charge in [-0.25, -0.2) is 4.79 Å². The fraction of sp³-hybridized carbons (Fsp3) is 0.368. The fourth-order valence-corrected chi connectivity index (χ4v) is 3.94. The molecule has 0 amide bonds. The molecule has 1 fully saturated rings. The van der Waals surface area contributed by atoms with E-state index < -0.39 is 5.63 Å². The zero-order chi connectivity index (χ0) is 16.8. The average molecular weight is 345 g/mol. The molecule has 3 unspecified atom stereocenters. The van der Waals surface area contributed by atoms with Crippen molar-refractivity contribution in [2.45, 2.75) is 26.4 Å². The third-order valence-electron chi connectivity index (χ3n) is 5.06. The highest BCUT2D eigenvalue weighted by Gasteiger charge is 2.40. The molecule has 0 radical (unpaired) electrons. The normalized spacial score (nSPS) is 24.7. The summed E-state index contributed by atoms with van der Waals surface area (Å²) < 4.78 is 10.7. The molecule has 3 atom stereocenters. The van der Waals surface area contributed by atoms with Gasteiger partial charge in [-0.15, -0.1) is 0 Å². The first kappa shape index (κ1) is 15.5. The highest BCUT2D eigenvalue weighted by Crippen LogP contribution is 2.44. The largest absolute Gasteiger partial charge is 0.461 e. The summed E-state index contributed by atoms with van der Waals surface area (Å²) in [4.78, 5) is 24.1. The van der Waals surface area contributed by atoms with Gasteiger partial charge in [0.15, 0.2) is 0 Å². The Morgan fingerprint density at radius 1 is 1.29 bits per heavy atom. The Balaban J connectivity index is 1.58. The van der Waals surface area contributed by atoms with Gasteiger partial charge >= 0.3 is 11.6 Å². The Kier molecular flexibility index (Phi) is 3.72. The smallest absolute Gasteiger partial charge is 0.336 e. The number of rotatable bonds is 3. The van der Waals surface area contributed by atoms with Gasteiger partial charge in [0.05, 0.1) is 5.92 Å². The second kappa shape index (κ2) is 5.78. The van der Waals surface area contributed by atoms with Crippen molar-refractivity contribution < 1.29 is 13.9 Å². The quantitative estimate of drug-likeness (QED) is 0.479. The molecule has 24 heavy (non-hydrogen) atoms. The summed E-state index contributed by atoms with van der Waals surface area (Å²) >= 11 is 6.17. The minimum Gasteiger partial charge on any atom is -0.461 e. The van der Waals surface area contributed by atoms with E-state index >= 15 is 0 Å². The van der Waals surface area contributed by atoms with Crippen LogP contribution in [-0.4, -0.2) is 5.97 Å². The summed E-state index contributed by atoms with van der Waals surface area (Å²) in [5.74, 6) is 0.569. The number of esters is 1. The van der Waals surface area contributed by atoms with Gasteiger partial charge in [0.25, 0.3) is 0 Å². The summed E-state index contributed by atoms with van der Waals surface area (Å²) in [6.45, 7) is 1.90. The van der Waals surface area contributed by atoms with Gasteiger partial charge in [-0.2, -0.15) is 0 Å². The van der Waals surface area contributed by atoms with Crippen LogP contribution in [0.5, 0.6) is 0 Å². The van der Waals surface area contributed by atoms with Gasteiger partial charge in [-0.3, -0.25) is 4.79 Å². The summed E-state index contributed by atoms with van der Waals surface area (Å²) in [6, 6.07) is 4.84. The minimum absolute atomic E-state index is 0.0535. The van der Waals surface area contributed by atoms with Crippen molar-refractivity contribution in [1.29, 1.82) is 0 Å².